The average Bonchev–Trinajstić information content (AvgIpc) is 3.52. The predicted octanol–water partition coefficient (Wildman–Crippen LogP) is 5.16. The Morgan fingerprint density at radius 1 is 0.973 bits per heavy atom. The van der Waals surface area contributed by atoms with Gasteiger partial charge < -0.3 is 15.4 Å². The van der Waals surface area contributed by atoms with Gasteiger partial charge in [-0.2, -0.15) is 5.10 Å². The molecule has 0 aliphatic heterocycles. The molecular weight excluding hydrogens is 464 g/mol. The van der Waals surface area contributed by atoms with Crippen molar-refractivity contribution in [1.29, 1.82) is 0 Å². The van der Waals surface area contributed by atoms with E-state index in [0.717, 1.165) is 57.3 Å². The third-order valence-electron chi connectivity index (χ3n) is 7.08. The summed E-state index contributed by atoms with van der Waals surface area (Å²) >= 11 is 0. The molecule has 4 N–H and O–H groups in total. The van der Waals surface area contributed by atoms with E-state index in [1.165, 1.54) is 6.42 Å². The molecule has 0 saturated heterocycles. The number of nitrogens with zero attached hydrogens (tertiary/aromatic N) is 5. The maximum atomic E-state index is 10.4. The van der Waals surface area contributed by atoms with Gasteiger partial charge in [0.05, 0.1) is 34.0 Å². The van der Waals surface area contributed by atoms with Crippen LogP contribution in [-0.2, 0) is 0 Å². The maximum absolute atomic E-state index is 10.4. The lowest BCUT2D eigenvalue weighted by Gasteiger charge is -2.31. The Labute approximate surface area is 212 Å². The van der Waals surface area contributed by atoms with Crippen LogP contribution in [0.2, 0.25) is 0 Å². The highest BCUT2D eigenvalue weighted by Crippen LogP contribution is 2.33. The number of aromatic nitrogens is 7. The molecule has 1 saturated carbocycles. The number of pyridine rings is 3. The lowest BCUT2D eigenvalue weighted by molar-refractivity contribution is 0.0851. The van der Waals surface area contributed by atoms with E-state index >= 15 is 0 Å². The van der Waals surface area contributed by atoms with Gasteiger partial charge in [0.1, 0.15) is 11.9 Å². The average molecular weight is 489 g/mol. The first kappa shape index (κ1) is 21.6. The van der Waals surface area contributed by atoms with Crippen molar-refractivity contribution in [3.63, 3.8) is 0 Å². The van der Waals surface area contributed by atoms with Gasteiger partial charge in [-0.05, 0) is 43.2 Å². The Morgan fingerprint density at radius 3 is 2.73 bits per heavy atom. The summed E-state index contributed by atoms with van der Waals surface area (Å²) in [6, 6.07) is 15.9. The molecule has 0 radical (unpaired) electrons. The first-order valence-corrected chi connectivity index (χ1v) is 12.4. The quantitative estimate of drug-likeness (QED) is 0.239. The SMILES string of the molecule is OC(Nc1cncc(-c2cnc3[nH]nc(-c4nc5c(-c6ccccn6)cccc5[nH]4)c3c2)c1)C1CCC1. The Kier molecular flexibility index (Phi) is 5.14. The zero-order valence-corrected chi connectivity index (χ0v) is 19.9. The molecule has 1 aliphatic carbocycles. The van der Waals surface area contributed by atoms with Crippen LogP contribution in [0.5, 0.6) is 0 Å². The number of H-pyrrole nitrogens is 2. The summed E-state index contributed by atoms with van der Waals surface area (Å²) in [6.45, 7) is 0. The van der Waals surface area contributed by atoms with Crippen molar-refractivity contribution in [3.05, 3.63) is 73.3 Å². The monoisotopic (exact) mass is 488 g/mol. The highest BCUT2D eigenvalue weighted by molar-refractivity contribution is 5.96. The van der Waals surface area contributed by atoms with E-state index in [-0.39, 0.29) is 0 Å². The molecule has 9 nitrogen and oxygen atoms in total. The molecule has 1 unspecified atom stereocenters. The van der Waals surface area contributed by atoms with Crippen molar-refractivity contribution in [2.24, 2.45) is 5.92 Å². The molecule has 5 aromatic heterocycles. The fourth-order valence-corrected chi connectivity index (χ4v) is 4.84. The lowest BCUT2D eigenvalue weighted by Crippen LogP contribution is -2.33. The molecule has 0 amide bonds. The van der Waals surface area contributed by atoms with E-state index < -0.39 is 6.23 Å². The molecule has 6 aromatic rings. The van der Waals surface area contributed by atoms with Crippen LogP contribution < -0.4 is 5.32 Å². The van der Waals surface area contributed by atoms with Gasteiger partial charge >= 0.3 is 0 Å². The van der Waals surface area contributed by atoms with E-state index in [4.69, 9.17) is 4.98 Å². The molecule has 182 valence electrons. The molecule has 1 atom stereocenters. The van der Waals surface area contributed by atoms with Crippen molar-refractivity contribution in [3.8, 4) is 33.9 Å². The highest BCUT2D eigenvalue weighted by Gasteiger charge is 2.25. The van der Waals surface area contributed by atoms with E-state index in [2.05, 4.69) is 35.5 Å². The molecule has 5 heterocycles. The summed E-state index contributed by atoms with van der Waals surface area (Å²) in [5.41, 5.74) is 7.51. The standard InChI is InChI=1S/C28H24N8O/c37-28(16-5-3-6-16)32-19-11-17(13-29-15-19)18-12-21-25(35-36-26(21)31-14-18)27-33-23-9-4-7-20(24(23)34-27)22-8-1-2-10-30-22/h1-2,4,7-16,28,32,37H,3,5-6H2,(H,33,34)(H,31,35,36). The lowest BCUT2D eigenvalue weighted by atomic mass is 9.84. The number of benzene rings is 1. The summed E-state index contributed by atoms with van der Waals surface area (Å²) in [7, 11) is 0. The summed E-state index contributed by atoms with van der Waals surface area (Å²) in [4.78, 5) is 21.8. The predicted molar refractivity (Wildman–Crippen MR) is 142 cm³/mol. The van der Waals surface area contributed by atoms with Crippen LogP contribution in [0.3, 0.4) is 0 Å². The fourth-order valence-electron chi connectivity index (χ4n) is 4.84. The number of para-hydroxylation sites is 1. The second-order valence-corrected chi connectivity index (χ2v) is 9.44. The van der Waals surface area contributed by atoms with Gasteiger partial charge in [-0.25, -0.2) is 9.97 Å². The topological polar surface area (TPSA) is 128 Å². The Hall–Kier alpha value is -4.63. The van der Waals surface area contributed by atoms with Gasteiger partial charge in [0.25, 0.3) is 0 Å². The summed E-state index contributed by atoms with van der Waals surface area (Å²) in [6.07, 6.45) is 9.83. The van der Waals surface area contributed by atoms with E-state index in [1.54, 1.807) is 24.8 Å². The minimum absolute atomic E-state index is 0.303. The second kappa shape index (κ2) is 8.79. The van der Waals surface area contributed by atoms with Crippen LogP contribution in [0.1, 0.15) is 19.3 Å². The normalized spacial score (nSPS) is 14.6. The summed E-state index contributed by atoms with van der Waals surface area (Å²) in [5, 5.41) is 22.0. The van der Waals surface area contributed by atoms with Gasteiger partial charge in [0.15, 0.2) is 11.5 Å². The molecule has 0 bridgehead atoms. The number of hydrogen-bond donors (Lipinski definition) is 4. The van der Waals surface area contributed by atoms with Gasteiger partial charge in [-0.3, -0.25) is 15.1 Å². The summed E-state index contributed by atoms with van der Waals surface area (Å²) in [5.74, 6) is 0.956. The first-order valence-electron chi connectivity index (χ1n) is 12.4. The van der Waals surface area contributed by atoms with E-state index in [0.29, 0.717) is 23.1 Å². The van der Waals surface area contributed by atoms with Crippen LogP contribution in [0, 0.1) is 5.92 Å². The van der Waals surface area contributed by atoms with Gasteiger partial charge in [-0.1, -0.05) is 24.6 Å². The molecule has 1 aromatic carbocycles. The zero-order chi connectivity index (χ0) is 24.8. The number of aromatic amines is 2. The third-order valence-corrected chi connectivity index (χ3v) is 7.08. The van der Waals surface area contributed by atoms with Gasteiger partial charge in [0, 0.05) is 41.2 Å². The largest absolute Gasteiger partial charge is 0.374 e. The molecule has 9 heteroatoms. The maximum Gasteiger partial charge on any atom is 0.159 e. The number of nitrogens with one attached hydrogen (secondary N) is 3. The second-order valence-electron chi connectivity index (χ2n) is 9.44. The number of aliphatic hydroxyl groups excluding tert-OH is 1. The molecule has 1 aliphatic rings. The molecule has 7 rings (SSSR count). The molecule has 1 fully saturated rings. The van der Waals surface area contributed by atoms with E-state index in [1.807, 2.05) is 48.5 Å². The Balaban J connectivity index is 1.26. The van der Waals surface area contributed by atoms with Crippen LogP contribution in [-0.4, -0.2) is 46.5 Å². The van der Waals surface area contributed by atoms with Crippen molar-refractivity contribution < 1.29 is 5.11 Å². The summed E-state index contributed by atoms with van der Waals surface area (Å²) < 4.78 is 0. The zero-order valence-electron chi connectivity index (χ0n) is 19.9. The number of imidazole rings is 1. The molecular formula is C28H24N8O. The van der Waals surface area contributed by atoms with Crippen molar-refractivity contribution in [2.45, 2.75) is 25.5 Å². The Morgan fingerprint density at radius 2 is 1.89 bits per heavy atom. The van der Waals surface area contributed by atoms with Crippen molar-refractivity contribution in [2.75, 3.05) is 5.32 Å². The van der Waals surface area contributed by atoms with Crippen LogP contribution in [0.25, 0.3) is 56.0 Å². The number of fused-ring (bicyclic) bond motifs is 2. The Bertz CT molecular complexity index is 1720. The van der Waals surface area contributed by atoms with Crippen molar-refractivity contribution >= 4 is 27.8 Å². The van der Waals surface area contributed by atoms with Gasteiger partial charge in [-0.15, -0.1) is 0 Å². The number of rotatable bonds is 6. The van der Waals surface area contributed by atoms with Crippen LogP contribution in [0.15, 0.2) is 73.3 Å². The van der Waals surface area contributed by atoms with Crippen molar-refractivity contribution in [1.82, 2.24) is 35.1 Å². The minimum atomic E-state index is -0.559. The fraction of sp³-hybridized carbons (Fsp3) is 0.179. The number of anilines is 1. The highest BCUT2D eigenvalue weighted by atomic mass is 16.3. The first-order chi connectivity index (χ1) is 18.2. The number of aliphatic hydroxyl groups is 1. The smallest absolute Gasteiger partial charge is 0.159 e. The van der Waals surface area contributed by atoms with Gasteiger partial charge in [0.2, 0.25) is 0 Å². The van der Waals surface area contributed by atoms with E-state index in [9.17, 15) is 5.11 Å². The molecule has 0 spiro atoms. The number of hydrogen-bond acceptors (Lipinski definition) is 7. The minimum Gasteiger partial charge on any atom is -0.374 e. The van der Waals surface area contributed by atoms with Crippen LogP contribution in [0.4, 0.5) is 5.69 Å². The molecule has 37 heavy (non-hydrogen) atoms. The third kappa shape index (κ3) is 3.89. The van der Waals surface area contributed by atoms with Crippen LogP contribution >= 0.6 is 0 Å².